The largest absolute Gasteiger partial charge is 0.477 e. The summed E-state index contributed by atoms with van der Waals surface area (Å²) in [5.74, 6) is -0.398. The first-order chi connectivity index (χ1) is 9.58. The van der Waals surface area contributed by atoms with Crippen molar-refractivity contribution < 1.29 is 14.5 Å². The van der Waals surface area contributed by atoms with Gasteiger partial charge >= 0.3 is 5.69 Å². The zero-order chi connectivity index (χ0) is 15.0. The maximum absolute atomic E-state index is 11.5. The number of hydrogen-bond acceptors (Lipinski definition) is 5. The van der Waals surface area contributed by atoms with Crippen LogP contribution >= 0.6 is 0 Å². The Morgan fingerprint density at radius 1 is 1.35 bits per heavy atom. The SMILES string of the molecule is CCC(CC)=NNC(=O)COc1ccccc1[N+](=O)[O-]. The van der Waals surface area contributed by atoms with E-state index in [1.54, 1.807) is 6.07 Å². The van der Waals surface area contributed by atoms with Crippen molar-refractivity contribution >= 4 is 17.3 Å². The van der Waals surface area contributed by atoms with Crippen LogP contribution in [0.15, 0.2) is 29.4 Å². The minimum absolute atomic E-state index is 0.0582. The number of hydrogen-bond donors (Lipinski definition) is 1. The molecule has 20 heavy (non-hydrogen) atoms. The van der Waals surface area contributed by atoms with Crippen molar-refractivity contribution in [3.05, 3.63) is 34.4 Å². The van der Waals surface area contributed by atoms with E-state index in [0.717, 1.165) is 18.6 Å². The third-order valence-electron chi connectivity index (χ3n) is 2.58. The lowest BCUT2D eigenvalue weighted by Crippen LogP contribution is -2.25. The quantitative estimate of drug-likeness (QED) is 0.470. The predicted molar refractivity (Wildman–Crippen MR) is 74.8 cm³/mol. The highest BCUT2D eigenvalue weighted by molar-refractivity contribution is 5.86. The lowest BCUT2D eigenvalue weighted by molar-refractivity contribution is -0.385. The number of nitrogens with one attached hydrogen (secondary N) is 1. The van der Waals surface area contributed by atoms with Gasteiger partial charge in [-0.1, -0.05) is 26.0 Å². The Labute approximate surface area is 116 Å². The molecule has 0 radical (unpaired) electrons. The van der Waals surface area contributed by atoms with Crippen LogP contribution in [-0.4, -0.2) is 23.1 Å². The van der Waals surface area contributed by atoms with Crippen molar-refractivity contribution in [1.29, 1.82) is 0 Å². The molecule has 0 saturated heterocycles. The zero-order valence-corrected chi connectivity index (χ0v) is 11.5. The third kappa shape index (κ3) is 4.68. The molecule has 0 atom stereocenters. The van der Waals surface area contributed by atoms with Gasteiger partial charge < -0.3 is 4.74 Å². The molecular formula is C13H17N3O4. The van der Waals surface area contributed by atoms with Crippen molar-refractivity contribution in [2.24, 2.45) is 5.10 Å². The molecule has 1 aromatic rings. The maximum atomic E-state index is 11.5. The van der Waals surface area contributed by atoms with Crippen LogP contribution in [0.4, 0.5) is 5.69 Å². The first-order valence-corrected chi connectivity index (χ1v) is 6.29. The van der Waals surface area contributed by atoms with E-state index in [2.05, 4.69) is 10.5 Å². The number of nitro groups is 1. The summed E-state index contributed by atoms with van der Waals surface area (Å²) in [5, 5.41) is 14.7. The van der Waals surface area contributed by atoms with Crippen molar-refractivity contribution in [2.75, 3.05) is 6.61 Å². The summed E-state index contributed by atoms with van der Waals surface area (Å²) in [4.78, 5) is 21.7. The monoisotopic (exact) mass is 279 g/mol. The molecule has 1 amide bonds. The fourth-order valence-corrected chi connectivity index (χ4v) is 1.46. The van der Waals surface area contributed by atoms with Gasteiger partial charge in [-0.15, -0.1) is 0 Å². The second-order valence-corrected chi connectivity index (χ2v) is 3.93. The van der Waals surface area contributed by atoms with E-state index in [4.69, 9.17) is 4.74 Å². The number of para-hydroxylation sites is 2. The molecule has 0 saturated carbocycles. The van der Waals surface area contributed by atoms with Crippen molar-refractivity contribution in [2.45, 2.75) is 26.7 Å². The molecular weight excluding hydrogens is 262 g/mol. The number of rotatable bonds is 7. The Kier molecular flexibility index (Phi) is 6.15. The third-order valence-corrected chi connectivity index (χ3v) is 2.58. The van der Waals surface area contributed by atoms with E-state index in [-0.39, 0.29) is 18.0 Å². The highest BCUT2D eigenvalue weighted by atomic mass is 16.6. The lowest BCUT2D eigenvalue weighted by atomic mass is 10.2. The Morgan fingerprint density at radius 2 is 2.00 bits per heavy atom. The number of ether oxygens (including phenoxy) is 1. The highest BCUT2D eigenvalue weighted by Gasteiger charge is 2.14. The first kappa shape index (κ1) is 15.6. The van der Waals surface area contributed by atoms with Crippen molar-refractivity contribution in [1.82, 2.24) is 5.43 Å². The summed E-state index contributed by atoms with van der Waals surface area (Å²) in [6.07, 6.45) is 1.50. The molecule has 0 unspecified atom stereocenters. The lowest BCUT2D eigenvalue weighted by Gasteiger charge is -2.06. The van der Waals surface area contributed by atoms with Gasteiger partial charge in [-0.25, -0.2) is 5.43 Å². The summed E-state index contributed by atoms with van der Waals surface area (Å²) >= 11 is 0. The molecule has 0 aliphatic rings. The Hall–Kier alpha value is -2.44. The molecule has 0 bridgehead atoms. The molecule has 0 aromatic heterocycles. The van der Waals surface area contributed by atoms with Gasteiger partial charge in [0.2, 0.25) is 0 Å². The van der Waals surface area contributed by atoms with Gasteiger partial charge in [-0.3, -0.25) is 14.9 Å². The van der Waals surface area contributed by atoms with E-state index < -0.39 is 10.8 Å². The molecule has 0 aliphatic carbocycles. The number of hydrazone groups is 1. The predicted octanol–water partition coefficient (Wildman–Crippen LogP) is 2.27. The number of carbonyl (C=O) groups excluding carboxylic acids is 1. The summed E-state index contributed by atoms with van der Waals surface area (Å²) in [5.41, 5.74) is 3.05. The summed E-state index contributed by atoms with van der Waals surface area (Å²) < 4.78 is 5.14. The Morgan fingerprint density at radius 3 is 2.60 bits per heavy atom. The van der Waals surface area contributed by atoms with E-state index in [1.807, 2.05) is 13.8 Å². The smallest absolute Gasteiger partial charge is 0.310 e. The minimum Gasteiger partial charge on any atom is -0.477 e. The Balaban J connectivity index is 2.58. The van der Waals surface area contributed by atoms with Crippen LogP contribution in [0.5, 0.6) is 5.75 Å². The molecule has 1 aromatic carbocycles. The van der Waals surface area contributed by atoms with Crippen molar-refractivity contribution in [3.63, 3.8) is 0 Å². The second kappa shape index (κ2) is 7.88. The summed E-state index contributed by atoms with van der Waals surface area (Å²) in [7, 11) is 0. The van der Waals surface area contributed by atoms with Gasteiger partial charge in [0.1, 0.15) is 0 Å². The molecule has 7 nitrogen and oxygen atoms in total. The number of nitrogens with zero attached hydrogens (tertiary/aromatic N) is 2. The number of amides is 1. The minimum atomic E-state index is -0.558. The first-order valence-electron chi connectivity index (χ1n) is 6.29. The molecule has 0 spiro atoms. The Bertz CT molecular complexity index is 508. The normalized spacial score (nSPS) is 9.70. The van der Waals surface area contributed by atoms with E-state index >= 15 is 0 Å². The van der Waals surface area contributed by atoms with Crippen LogP contribution in [0, 0.1) is 10.1 Å². The molecule has 1 rings (SSSR count). The fourth-order valence-electron chi connectivity index (χ4n) is 1.46. The van der Waals surface area contributed by atoms with Gasteiger partial charge in [-0.2, -0.15) is 5.10 Å². The summed E-state index contributed by atoms with van der Waals surface area (Å²) in [6, 6.07) is 5.89. The van der Waals surface area contributed by atoms with E-state index in [0.29, 0.717) is 0 Å². The number of nitro benzene ring substituents is 1. The van der Waals surface area contributed by atoms with Gasteiger partial charge in [0.15, 0.2) is 12.4 Å². The highest BCUT2D eigenvalue weighted by Crippen LogP contribution is 2.25. The van der Waals surface area contributed by atoms with Gasteiger partial charge in [0.25, 0.3) is 5.91 Å². The standard InChI is InChI=1S/C13H17N3O4/c1-3-10(4-2)14-15-13(17)9-20-12-8-6-5-7-11(12)16(18)19/h5-8H,3-4,9H2,1-2H3,(H,15,17). The van der Waals surface area contributed by atoms with Crippen LogP contribution in [0.25, 0.3) is 0 Å². The second-order valence-electron chi connectivity index (χ2n) is 3.93. The molecule has 0 aliphatic heterocycles. The van der Waals surface area contributed by atoms with E-state index in [1.165, 1.54) is 18.2 Å². The van der Waals surface area contributed by atoms with Crippen LogP contribution in [0.1, 0.15) is 26.7 Å². The van der Waals surface area contributed by atoms with Crippen LogP contribution < -0.4 is 10.2 Å². The van der Waals surface area contributed by atoms with Gasteiger partial charge in [0, 0.05) is 11.8 Å². The molecule has 7 heteroatoms. The molecule has 1 N–H and O–H groups in total. The average molecular weight is 279 g/mol. The zero-order valence-electron chi connectivity index (χ0n) is 11.5. The van der Waals surface area contributed by atoms with E-state index in [9.17, 15) is 14.9 Å². The van der Waals surface area contributed by atoms with Crippen LogP contribution in [-0.2, 0) is 4.79 Å². The van der Waals surface area contributed by atoms with Gasteiger partial charge in [0.05, 0.1) is 4.92 Å². The number of benzene rings is 1. The van der Waals surface area contributed by atoms with Crippen LogP contribution in [0.2, 0.25) is 0 Å². The maximum Gasteiger partial charge on any atom is 0.310 e. The molecule has 0 fully saturated rings. The summed E-state index contributed by atoms with van der Waals surface area (Å²) in [6.45, 7) is 3.56. The van der Waals surface area contributed by atoms with Crippen LogP contribution in [0.3, 0.4) is 0 Å². The molecule has 0 heterocycles. The topological polar surface area (TPSA) is 93.8 Å². The van der Waals surface area contributed by atoms with Crippen molar-refractivity contribution in [3.8, 4) is 5.75 Å². The molecule has 108 valence electrons. The fraction of sp³-hybridized carbons (Fsp3) is 0.385. The number of carbonyl (C=O) groups is 1. The average Bonchev–Trinajstić information content (AvgIpc) is 2.46. The van der Waals surface area contributed by atoms with Gasteiger partial charge in [-0.05, 0) is 18.9 Å².